The fourth-order valence-corrected chi connectivity index (χ4v) is 2.01. The Kier molecular flexibility index (Phi) is 6.20. The Labute approximate surface area is 77.7 Å². The maximum Gasteiger partial charge on any atom is 0.317 e. The maximum atomic E-state index is 10.6. The van der Waals surface area contributed by atoms with Crippen LogP contribution in [0.5, 0.6) is 0 Å². The Morgan fingerprint density at radius 1 is 1.50 bits per heavy atom. The van der Waals surface area contributed by atoms with E-state index in [1.54, 1.807) is 0 Å². The number of hydrogen-bond acceptors (Lipinski definition) is 3. The summed E-state index contributed by atoms with van der Waals surface area (Å²) in [5, 5.41) is 8.70. The molecule has 4 heteroatoms. The van der Waals surface area contributed by atoms with Gasteiger partial charge in [0.25, 0.3) is 0 Å². The van der Waals surface area contributed by atoms with Gasteiger partial charge in [0.15, 0.2) is 0 Å². The molecule has 3 nitrogen and oxygen atoms in total. The summed E-state index contributed by atoms with van der Waals surface area (Å²) in [6.07, 6.45) is 2.01. The van der Waals surface area contributed by atoms with Crippen molar-refractivity contribution in [2.45, 2.75) is 37.2 Å². The fraction of sp³-hybridized carbons (Fsp3) is 0.875. The van der Waals surface area contributed by atoms with Crippen molar-refractivity contribution in [3.8, 4) is 0 Å². The van der Waals surface area contributed by atoms with Crippen molar-refractivity contribution in [2.24, 2.45) is 5.73 Å². The number of hydrogen-bond donors (Lipinski definition) is 2. The number of aliphatic carboxylic acids is 1. The van der Waals surface area contributed by atoms with Gasteiger partial charge in [0.05, 0.1) is 0 Å². The molecule has 0 spiro atoms. The molecule has 0 amide bonds. The summed E-state index contributed by atoms with van der Waals surface area (Å²) in [5.41, 5.74) is 5.33. The standard InChI is InChI=1S/C8H17NO2S/c1-3-6(4-2)12-7(5-9)8(10)11/h6-7H,3-5,9H2,1-2H3,(H,10,11). The molecular weight excluding hydrogens is 174 g/mol. The molecule has 0 aliphatic rings. The summed E-state index contributed by atoms with van der Waals surface area (Å²) in [7, 11) is 0. The van der Waals surface area contributed by atoms with E-state index in [9.17, 15) is 4.79 Å². The molecule has 3 N–H and O–H groups in total. The fourth-order valence-electron chi connectivity index (χ4n) is 0.928. The minimum absolute atomic E-state index is 0.219. The molecule has 0 bridgehead atoms. The summed E-state index contributed by atoms with van der Waals surface area (Å²) in [4.78, 5) is 10.6. The van der Waals surface area contributed by atoms with Crippen LogP contribution >= 0.6 is 11.8 Å². The van der Waals surface area contributed by atoms with Gasteiger partial charge in [-0.25, -0.2) is 0 Å². The second-order valence-electron chi connectivity index (χ2n) is 2.64. The zero-order chi connectivity index (χ0) is 9.56. The molecule has 1 unspecified atom stereocenters. The molecule has 12 heavy (non-hydrogen) atoms. The molecule has 0 aliphatic heterocycles. The average Bonchev–Trinajstić information content (AvgIpc) is 2.06. The second-order valence-corrected chi connectivity index (χ2v) is 4.15. The number of thioether (sulfide) groups is 1. The molecule has 1 atom stereocenters. The summed E-state index contributed by atoms with van der Waals surface area (Å²) in [5.74, 6) is -0.797. The Balaban J connectivity index is 3.91. The van der Waals surface area contributed by atoms with Crippen LogP contribution in [0.1, 0.15) is 26.7 Å². The molecule has 0 rings (SSSR count). The molecule has 72 valence electrons. The second kappa shape index (κ2) is 6.31. The monoisotopic (exact) mass is 191 g/mol. The number of carboxylic acid groups (broad SMARTS) is 1. The van der Waals surface area contributed by atoms with E-state index >= 15 is 0 Å². The van der Waals surface area contributed by atoms with Gasteiger partial charge in [0.1, 0.15) is 5.25 Å². The van der Waals surface area contributed by atoms with Gasteiger partial charge in [0.2, 0.25) is 0 Å². The molecule has 0 aromatic carbocycles. The van der Waals surface area contributed by atoms with E-state index in [1.165, 1.54) is 11.8 Å². The quantitative estimate of drug-likeness (QED) is 0.664. The van der Waals surface area contributed by atoms with Crippen LogP contribution in [-0.4, -0.2) is 28.1 Å². The molecular formula is C8H17NO2S. The molecule has 0 aromatic heterocycles. The lowest BCUT2D eigenvalue weighted by molar-refractivity contribution is -0.136. The molecule has 0 radical (unpaired) electrons. The van der Waals surface area contributed by atoms with Crippen LogP contribution in [-0.2, 0) is 4.79 Å². The number of nitrogens with two attached hydrogens (primary N) is 1. The maximum absolute atomic E-state index is 10.6. The topological polar surface area (TPSA) is 63.3 Å². The van der Waals surface area contributed by atoms with Gasteiger partial charge in [-0.15, -0.1) is 11.8 Å². The van der Waals surface area contributed by atoms with Crippen LogP contribution < -0.4 is 5.73 Å². The molecule has 0 aromatic rings. The van der Waals surface area contributed by atoms with E-state index in [4.69, 9.17) is 10.8 Å². The van der Waals surface area contributed by atoms with E-state index < -0.39 is 11.2 Å². The van der Waals surface area contributed by atoms with E-state index in [2.05, 4.69) is 13.8 Å². The van der Waals surface area contributed by atoms with Gasteiger partial charge in [-0.05, 0) is 12.8 Å². The highest BCUT2D eigenvalue weighted by molar-refractivity contribution is 8.01. The first-order valence-corrected chi connectivity index (χ1v) is 5.18. The van der Waals surface area contributed by atoms with Crippen molar-refractivity contribution in [3.63, 3.8) is 0 Å². The van der Waals surface area contributed by atoms with Crippen LogP contribution in [0.25, 0.3) is 0 Å². The van der Waals surface area contributed by atoms with E-state index in [0.29, 0.717) is 5.25 Å². The van der Waals surface area contributed by atoms with Crippen molar-refractivity contribution >= 4 is 17.7 Å². The van der Waals surface area contributed by atoms with Crippen molar-refractivity contribution in [1.82, 2.24) is 0 Å². The SMILES string of the molecule is CCC(CC)SC(CN)C(=O)O. The van der Waals surface area contributed by atoms with Gasteiger partial charge < -0.3 is 10.8 Å². The van der Waals surface area contributed by atoms with Gasteiger partial charge in [-0.1, -0.05) is 13.8 Å². The minimum Gasteiger partial charge on any atom is -0.480 e. The highest BCUT2D eigenvalue weighted by Gasteiger charge is 2.19. The van der Waals surface area contributed by atoms with Gasteiger partial charge in [0, 0.05) is 11.8 Å². The van der Waals surface area contributed by atoms with Crippen LogP contribution in [0.15, 0.2) is 0 Å². The number of carboxylic acids is 1. The smallest absolute Gasteiger partial charge is 0.317 e. The predicted molar refractivity (Wildman–Crippen MR) is 52.4 cm³/mol. The van der Waals surface area contributed by atoms with Crippen molar-refractivity contribution < 1.29 is 9.90 Å². The van der Waals surface area contributed by atoms with Crippen LogP contribution in [0.2, 0.25) is 0 Å². The first-order chi connectivity index (χ1) is 5.65. The normalized spacial score (nSPS) is 13.3. The molecule has 0 saturated heterocycles. The number of carbonyl (C=O) groups is 1. The lowest BCUT2D eigenvalue weighted by Gasteiger charge is -2.16. The Morgan fingerprint density at radius 2 is 2.00 bits per heavy atom. The third-order valence-corrected chi connectivity index (χ3v) is 3.53. The number of rotatable bonds is 6. The average molecular weight is 191 g/mol. The highest BCUT2D eigenvalue weighted by atomic mass is 32.2. The Hall–Kier alpha value is -0.220. The van der Waals surface area contributed by atoms with E-state index in [-0.39, 0.29) is 6.54 Å². The van der Waals surface area contributed by atoms with E-state index in [1.807, 2.05) is 0 Å². The zero-order valence-corrected chi connectivity index (χ0v) is 8.43. The van der Waals surface area contributed by atoms with Crippen molar-refractivity contribution in [1.29, 1.82) is 0 Å². The first-order valence-electron chi connectivity index (χ1n) is 4.24. The Morgan fingerprint density at radius 3 is 2.25 bits per heavy atom. The summed E-state index contributed by atoms with van der Waals surface area (Å²) >= 11 is 1.47. The van der Waals surface area contributed by atoms with Gasteiger partial charge >= 0.3 is 5.97 Å². The Bertz CT molecular complexity index is 137. The van der Waals surface area contributed by atoms with Gasteiger partial charge in [-0.2, -0.15) is 0 Å². The van der Waals surface area contributed by atoms with E-state index in [0.717, 1.165) is 12.8 Å². The van der Waals surface area contributed by atoms with Crippen molar-refractivity contribution in [3.05, 3.63) is 0 Å². The van der Waals surface area contributed by atoms with Crippen LogP contribution in [0.4, 0.5) is 0 Å². The van der Waals surface area contributed by atoms with Crippen LogP contribution in [0.3, 0.4) is 0 Å². The summed E-state index contributed by atoms with van der Waals surface area (Å²) < 4.78 is 0. The zero-order valence-electron chi connectivity index (χ0n) is 7.62. The largest absolute Gasteiger partial charge is 0.480 e. The highest BCUT2D eigenvalue weighted by Crippen LogP contribution is 2.22. The summed E-state index contributed by atoms with van der Waals surface area (Å²) in [6, 6.07) is 0. The third kappa shape index (κ3) is 3.97. The molecule has 0 heterocycles. The molecule has 0 fully saturated rings. The van der Waals surface area contributed by atoms with Crippen molar-refractivity contribution in [2.75, 3.05) is 6.54 Å². The molecule has 0 aliphatic carbocycles. The van der Waals surface area contributed by atoms with Gasteiger partial charge in [-0.3, -0.25) is 4.79 Å². The first kappa shape index (κ1) is 11.8. The molecule has 0 saturated carbocycles. The lowest BCUT2D eigenvalue weighted by Crippen LogP contribution is -2.28. The minimum atomic E-state index is -0.797. The lowest BCUT2D eigenvalue weighted by atomic mass is 10.3. The predicted octanol–water partition coefficient (Wildman–Crippen LogP) is 1.32. The summed E-state index contributed by atoms with van der Waals surface area (Å²) in [6.45, 7) is 4.35. The van der Waals surface area contributed by atoms with Crippen LogP contribution in [0, 0.1) is 0 Å². The third-order valence-electron chi connectivity index (χ3n) is 1.76.